The van der Waals surface area contributed by atoms with Crippen molar-refractivity contribution < 1.29 is 4.42 Å². The fourth-order valence-corrected chi connectivity index (χ4v) is 10.0. The summed E-state index contributed by atoms with van der Waals surface area (Å²) in [7, 11) is 0. The molecule has 0 N–H and O–H groups in total. The smallest absolute Gasteiger partial charge is 0.153 e. The minimum absolute atomic E-state index is 0.143. The van der Waals surface area contributed by atoms with E-state index in [-0.39, 0.29) is 10.8 Å². The summed E-state index contributed by atoms with van der Waals surface area (Å²) in [4.78, 5) is 12.4. The summed E-state index contributed by atoms with van der Waals surface area (Å²) in [6, 6.07) is 52.4. The predicted octanol–water partition coefficient (Wildman–Crippen LogP) is 16.3. The quantitative estimate of drug-likeness (QED) is 0.174. The van der Waals surface area contributed by atoms with E-state index in [1.54, 1.807) is 0 Å². The molecule has 294 valence electrons. The van der Waals surface area contributed by atoms with Gasteiger partial charge in [-0.1, -0.05) is 145 Å². The van der Waals surface area contributed by atoms with Crippen LogP contribution in [0.3, 0.4) is 0 Å². The Morgan fingerprint density at radius 1 is 0.500 bits per heavy atom. The highest BCUT2D eigenvalue weighted by Crippen LogP contribution is 2.47. The molecular formula is C56H48N2OS. The van der Waals surface area contributed by atoms with Crippen LogP contribution in [-0.4, -0.2) is 9.97 Å². The molecule has 0 atom stereocenters. The van der Waals surface area contributed by atoms with E-state index in [1.165, 1.54) is 48.3 Å². The molecule has 0 bridgehead atoms. The van der Waals surface area contributed by atoms with Crippen molar-refractivity contribution in [2.24, 2.45) is 0 Å². The van der Waals surface area contributed by atoms with Gasteiger partial charge >= 0.3 is 0 Å². The topological polar surface area (TPSA) is 38.9 Å². The molecular weight excluding hydrogens is 749 g/mol. The molecule has 0 aliphatic heterocycles. The van der Waals surface area contributed by atoms with Crippen LogP contribution < -0.4 is 0 Å². The van der Waals surface area contributed by atoms with E-state index >= 15 is 0 Å². The molecule has 0 unspecified atom stereocenters. The van der Waals surface area contributed by atoms with Crippen LogP contribution in [-0.2, 0) is 10.8 Å². The van der Waals surface area contributed by atoms with Crippen molar-refractivity contribution in [1.82, 2.24) is 9.97 Å². The van der Waals surface area contributed by atoms with Gasteiger partial charge in [0.05, 0.1) is 27.3 Å². The van der Waals surface area contributed by atoms with Crippen LogP contribution in [0.25, 0.3) is 99.0 Å². The van der Waals surface area contributed by atoms with Crippen molar-refractivity contribution in [3.8, 4) is 56.0 Å². The fourth-order valence-electron chi connectivity index (χ4n) is 8.89. The third-order valence-corrected chi connectivity index (χ3v) is 13.3. The Morgan fingerprint density at radius 2 is 1.15 bits per heavy atom. The molecule has 0 saturated carbocycles. The number of aromatic nitrogens is 2. The molecule has 4 heterocycles. The van der Waals surface area contributed by atoms with Crippen molar-refractivity contribution in [1.29, 1.82) is 0 Å². The van der Waals surface area contributed by atoms with Crippen molar-refractivity contribution in [2.45, 2.75) is 66.2 Å². The molecule has 0 aliphatic rings. The van der Waals surface area contributed by atoms with Crippen molar-refractivity contribution in [3.63, 3.8) is 0 Å². The second kappa shape index (κ2) is 14.1. The normalized spacial score (nSPS) is 12.3. The molecule has 0 fully saturated rings. The van der Waals surface area contributed by atoms with E-state index in [0.717, 1.165) is 72.2 Å². The largest absolute Gasteiger partial charge is 0.455 e. The van der Waals surface area contributed by atoms with Gasteiger partial charge in [-0.15, -0.1) is 11.3 Å². The van der Waals surface area contributed by atoms with Crippen molar-refractivity contribution in [3.05, 3.63) is 167 Å². The molecule has 3 nitrogen and oxygen atoms in total. The highest BCUT2D eigenvalue weighted by Gasteiger charge is 2.29. The first kappa shape index (κ1) is 37.9. The van der Waals surface area contributed by atoms with Crippen molar-refractivity contribution >= 4 is 54.3 Å². The number of rotatable bonds is 5. The molecule has 4 aromatic heterocycles. The third-order valence-electron chi connectivity index (χ3n) is 12.1. The summed E-state index contributed by atoms with van der Waals surface area (Å²) in [5.74, 6) is 0. The zero-order valence-electron chi connectivity index (χ0n) is 35.6. The first-order chi connectivity index (χ1) is 28.8. The van der Waals surface area contributed by atoms with E-state index in [4.69, 9.17) is 14.4 Å². The lowest BCUT2D eigenvalue weighted by atomic mass is 9.73. The van der Waals surface area contributed by atoms with Gasteiger partial charge in [0.1, 0.15) is 5.58 Å². The predicted molar refractivity (Wildman–Crippen MR) is 256 cm³/mol. The van der Waals surface area contributed by atoms with Crippen molar-refractivity contribution in [2.75, 3.05) is 0 Å². The molecule has 0 amide bonds. The monoisotopic (exact) mass is 796 g/mol. The van der Waals surface area contributed by atoms with Gasteiger partial charge in [-0.2, -0.15) is 0 Å². The van der Waals surface area contributed by atoms with Crippen LogP contribution in [0.15, 0.2) is 150 Å². The van der Waals surface area contributed by atoms with Gasteiger partial charge in [0.15, 0.2) is 5.58 Å². The Labute approximate surface area is 356 Å². The summed E-state index contributed by atoms with van der Waals surface area (Å²) < 4.78 is 7.85. The number of fused-ring (bicyclic) bond motifs is 6. The van der Waals surface area contributed by atoms with E-state index in [0.29, 0.717) is 0 Å². The van der Waals surface area contributed by atoms with Gasteiger partial charge < -0.3 is 4.42 Å². The summed E-state index contributed by atoms with van der Waals surface area (Å²) >= 11 is 1.81. The lowest BCUT2D eigenvalue weighted by molar-refractivity contribution is 0.572. The van der Waals surface area contributed by atoms with Crippen LogP contribution in [0.1, 0.15) is 63.1 Å². The molecule has 4 heteroatoms. The summed E-state index contributed by atoms with van der Waals surface area (Å²) in [6.45, 7) is 18.4. The Hall–Kier alpha value is -6.36. The summed E-state index contributed by atoms with van der Waals surface area (Å²) in [6.07, 6.45) is 0. The number of furan rings is 1. The van der Waals surface area contributed by atoms with Gasteiger partial charge in [0.2, 0.25) is 0 Å². The molecule has 60 heavy (non-hydrogen) atoms. The molecule has 6 aromatic carbocycles. The number of hydrogen-bond acceptors (Lipinski definition) is 4. The average molecular weight is 797 g/mol. The number of thiophene rings is 1. The van der Waals surface area contributed by atoms with Crippen LogP contribution in [0.2, 0.25) is 0 Å². The number of aryl methyl sites for hydroxylation is 2. The Balaban J connectivity index is 1.25. The van der Waals surface area contributed by atoms with Gasteiger partial charge in [0.25, 0.3) is 0 Å². The number of pyridine rings is 2. The Morgan fingerprint density at radius 3 is 1.85 bits per heavy atom. The van der Waals surface area contributed by atoms with E-state index < -0.39 is 0 Å². The van der Waals surface area contributed by atoms with Crippen LogP contribution in [0, 0.1) is 13.8 Å². The van der Waals surface area contributed by atoms with Crippen LogP contribution in [0.4, 0.5) is 0 Å². The highest BCUT2D eigenvalue weighted by atomic mass is 32.1. The van der Waals surface area contributed by atoms with E-state index in [2.05, 4.69) is 195 Å². The third kappa shape index (κ3) is 6.42. The Bertz CT molecular complexity index is 3250. The maximum atomic E-state index is 6.66. The number of hydrogen-bond donors (Lipinski definition) is 0. The minimum Gasteiger partial charge on any atom is -0.455 e. The van der Waals surface area contributed by atoms with Crippen LogP contribution >= 0.6 is 11.3 Å². The molecule has 10 rings (SSSR count). The number of benzene rings is 6. The molecule has 0 spiro atoms. The average Bonchev–Trinajstić information content (AvgIpc) is 3.78. The van der Waals surface area contributed by atoms with Crippen LogP contribution in [0.5, 0.6) is 0 Å². The molecule has 0 radical (unpaired) electrons. The highest BCUT2D eigenvalue weighted by molar-refractivity contribution is 7.20. The van der Waals surface area contributed by atoms with E-state index in [9.17, 15) is 0 Å². The zero-order valence-corrected chi connectivity index (χ0v) is 36.4. The maximum Gasteiger partial charge on any atom is 0.153 e. The standard InChI is InChI=1S/C56H48N2OS/c1-33-34(2)60-54-42(33)32-43(51-41-23-15-16-25-49(41)59-53(51)54)46-27-26-37-22-17-24-40(52(37)58-46)48-31-39(30-47(57-48)36-20-13-10-14-21-36)50-44(55(3,4)5)28-38(29-45(50)56(6,7)8)35-18-11-9-12-19-35/h9-32H,1-8H3. The summed E-state index contributed by atoms with van der Waals surface area (Å²) in [5.41, 5.74) is 17.2. The second-order valence-corrected chi connectivity index (χ2v) is 19.5. The number of para-hydroxylation sites is 2. The first-order valence-corrected chi connectivity index (χ1v) is 21.7. The van der Waals surface area contributed by atoms with Gasteiger partial charge in [0, 0.05) is 43.1 Å². The molecule has 10 aromatic rings. The van der Waals surface area contributed by atoms with E-state index in [1.807, 2.05) is 17.4 Å². The zero-order chi connectivity index (χ0) is 41.5. The SMILES string of the molecule is Cc1sc2c(cc(-c3ccc4cccc(-c5cc(-c6c(C(C)(C)C)cc(-c7ccccc7)cc6C(C)(C)C)cc(-c6ccccc6)n5)c4n3)c3c4ccccc4oc23)c1C. The molecule has 0 saturated heterocycles. The lowest BCUT2D eigenvalue weighted by Crippen LogP contribution is -2.19. The molecule has 0 aliphatic carbocycles. The fraction of sp³-hybridized carbons (Fsp3) is 0.179. The minimum atomic E-state index is -0.143. The second-order valence-electron chi connectivity index (χ2n) is 18.3. The summed E-state index contributed by atoms with van der Waals surface area (Å²) in [5, 5.41) is 4.50. The van der Waals surface area contributed by atoms with Gasteiger partial charge in [-0.25, -0.2) is 9.97 Å². The maximum absolute atomic E-state index is 6.66. The number of nitrogens with zero attached hydrogens (tertiary/aromatic N) is 2. The first-order valence-electron chi connectivity index (χ1n) is 20.9. The Kier molecular flexibility index (Phi) is 8.93. The van der Waals surface area contributed by atoms with Gasteiger partial charge in [-0.05, 0) is 106 Å². The lowest BCUT2D eigenvalue weighted by Gasteiger charge is -2.32. The van der Waals surface area contributed by atoms with Gasteiger partial charge in [-0.3, -0.25) is 0 Å².